The summed E-state index contributed by atoms with van der Waals surface area (Å²) in [7, 11) is 0. The summed E-state index contributed by atoms with van der Waals surface area (Å²) in [6.07, 6.45) is 3.91. The van der Waals surface area contributed by atoms with Gasteiger partial charge in [0.15, 0.2) is 0 Å². The summed E-state index contributed by atoms with van der Waals surface area (Å²) in [5.74, 6) is 0.311. The largest absolute Gasteiger partial charge is 0.348 e. The van der Waals surface area contributed by atoms with Crippen LogP contribution in [0.15, 0.2) is 40.6 Å². The quantitative estimate of drug-likeness (QED) is 0.685. The SMILES string of the molecule is O=C(/C=C\Sc1cccc(F)c1)N[C@H]1CN2CCC1CC2. The van der Waals surface area contributed by atoms with Crippen LogP contribution in [-0.2, 0) is 4.79 Å². The summed E-state index contributed by atoms with van der Waals surface area (Å²) >= 11 is 1.35. The van der Waals surface area contributed by atoms with E-state index >= 15 is 0 Å². The Balaban J connectivity index is 1.49. The second kappa shape index (κ2) is 6.62. The van der Waals surface area contributed by atoms with Crippen LogP contribution in [0.4, 0.5) is 4.39 Å². The summed E-state index contributed by atoms with van der Waals surface area (Å²) in [5, 5.41) is 4.81. The number of rotatable bonds is 4. The molecule has 0 unspecified atom stereocenters. The van der Waals surface area contributed by atoms with Crippen molar-refractivity contribution in [2.24, 2.45) is 5.92 Å². The van der Waals surface area contributed by atoms with E-state index in [2.05, 4.69) is 10.2 Å². The Kier molecular flexibility index (Phi) is 4.60. The molecule has 3 aliphatic heterocycles. The van der Waals surface area contributed by atoms with Gasteiger partial charge in [-0.2, -0.15) is 0 Å². The Bertz CT molecular complexity index is 541. The van der Waals surface area contributed by atoms with Gasteiger partial charge in [-0.15, -0.1) is 0 Å². The fourth-order valence-corrected chi connectivity index (χ4v) is 3.76. The van der Waals surface area contributed by atoms with Crippen molar-refractivity contribution in [1.82, 2.24) is 10.2 Å². The average Bonchev–Trinajstić information content (AvgIpc) is 2.48. The van der Waals surface area contributed by atoms with E-state index in [1.165, 1.54) is 55.9 Å². The maximum absolute atomic E-state index is 13.0. The molecular weight excluding hydrogens is 287 g/mol. The van der Waals surface area contributed by atoms with Crippen LogP contribution in [0.1, 0.15) is 12.8 Å². The third kappa shape index (κ3) is 3.86. The lowest BCUT2D eigenvalue weighted by atomic mass is 9.84. The van der Waals surface area contributed by atoms with Crippen molar-refractivity contribution in [3.63, 3.8) is 0 Å². The van der Waals surface area contributed by atoms with Crippen molar-refractivity contribution in [2.45, 2.75) is 23.8 Å². The molecule has 0 saturated carbocycles. The first-order valence-electron chi connectivity index (χ1n) is 7.32. The number of amides is 1. The molecular formula is C16H19FN2OS. The molecule has 5 heteroatoms. The highest BCUT2D eigenvalue weighted by Crippen LogP contribution is 2.27. The lowest BCUT2D eigenvalue weighted by molar-refractivity contribution is -0.118. The third-order valence-corrected chi connectivity index (χ3v) is 5.00. The molecule has 0 radical (unpaired) electrons. The zero-order valence-corrected chi connectivity index (χ0v) is 12.6. The maximum atomic E-state index is 13.0. The van der Waals surface area contributed by atoms with Crippen LogP contribution in [0.5, 0.6) is 0 Å². The number of hydrogen-bond donors (Lipinski definition) is 1. The Labute approximate surface area is 128 Å². The van der Waals surface area contributed by atoms with Gasteiger partial charge >= 0.3 is 0 Å². The monoisotopic (exact) mass is 306 g/mol. The normalized spacial score (nSPS) is 28.0. The van der Waals surface area contributed by atoms with Crippen molar-refractivity contribution in [2.75, 3.05) is 19.6 Å². The molecule has 3 saturated heterocycles. The molecule has 0 aromatic heterocycles. The molecule has 3 aliphatic rings. The molecule has 1 N–H and O–H groups in total. The number of fused-ring (bicyclic) bond motifs is 3. The third-order valence-electron chi connectivity index (χ3n) is 4.20. The zero-order valence-electron chi connectivity index (χ0n) is 11.8. The van der Waals surface area contributed by atoms with Crippen LogP contribution in [0.3, 0.4) is 0 Å². The predicted octanol–water partition coefficient (Wildman–Crippen LogP) is 2.64. The molecule has 21 heavy (non-hydrogen) atoms. The lowest BCUT2D eigenvalue weighted by Gasteiger charge is -2.44. The smallest absolute Gasteiger partial charge is 0.244 e. The van der Waals surface area contributed by atoms with E-state index in [0.29, 0.717) is 5.92 Å². The molecule has 0 aliphatic carbocycles. The van der Waals surface area contributed by atoms with Gasteiger partial charge in [-0.05, 0) is 55.5 Å². The number of carbonyl (C=O) groups is 1. The Morgan fingerprint density at radius 3 is 2.86 bits per heavy atom. The second-order valence-electron chi connectivity index (χ2n) is 5.63. The average molecular weight is 306 g/mol. The molecule has 0 spiro atoms. The van der Waals surface area contributed by atoms with Crippen molar-refractivity contribution < 1.29 is 9.18 Å². The summed E-state index contributed by atoms with van der Waals surface area (Å²) < 4.78 is 13.0. The second-order valence-corrected chi connectivity index (χ2v) is 6.61. The highest BCUT2D eigenvalue weighted by atomic mass is 32.2. The number of nitrogens with zero attached hydrogens (tertiary/aromatic N) is 1. The molecule has 3 fully saturated rings. The van der Waals surface area contributed by atoms with Gasteiger partial charge in [0.2, 0.25) is 5.91 Å². The number of thioether (sulfide) groups is 1. The lowest BCUT2D eigenvalue weighted by Crippen LogP contribution is -2.57. The van der Waals surface area contributed by atoms with Gasteiger partial charge in [0.05, 0.1) is 0 Å². The molecule has 1 aromatic rings. The number of carbonyl (C=O) groups excluding carboxylic acids is 1. The fraction of sp³-hybridized carbons (Fsp3) is 0.438. The van der Waals surface area contributed by atoms with Crippen LogP contribution in [0, 0.1) is 11.7 Å². The summed E-state index contributed by atoms with van der Waals surface area (Å²) in [6, 6.07) is 6.64. The molecule has 3 heterocycles. The Morgan fingerprint density at radius 2 is 2.19 bits per heavy atom. The highest BCUT2D eigenvalue weighted by Gasteiger charge is 2.34. The fourth-order valence-electron chi connectivity index (χ4n) is 3.07. The number of piperidine rings is 3. The highest BCUT2D eigenvalue weighted by molar-refractivity contribution is 8.02. The summed E-state index contributed by atoms with van der Waals surface area (Å²) in [4.78, 5) is 15.1. The van der Waals surface area contributed by atoms with Crippen LogP contribution in [0.2, 0.25) is 0 Å². The zero-order chi connectivity index (χ0) is 14.7. The Hall–Kier alpha value is -1.33. The van der Waals surface area contributed by atoms with E-state index in [9.17, 15) is 9.18 Å². The minimum atomic E-state index is -0.259. The molecule has 3 nitrogen and oxygen atoms in total. The minimum absolute atomic E-state index is 0.0577. The van der Waals surface area contributed by atoms with Crippen LogP contribution >= 0.6 is 11.8 Å². The van der Waals surface area contributed by atoms with Gasteiger partial charge in [0.1, 0.15) is 5.82 Å². The first-order valence-corrected chi connectivity index (χ1v) is 8.20. The molecule has 2 bridgehead atoms. The van der Waals surface area contributed by atoms with E-state index in [0.717, 1.165) is 11.4 Å². The standard InChI is InChI=1S/C16H19FN2OS/c17-13-2-1-3-14(10-13)21-9-6-16(20)18-15-11-19-7-4-12(15)5-8-19/h1-3,6,9-10,12,15H,4-5,7-8,11H2,(H,18,20)/b9-6-/t15-/m0/s1. The number of halogens is 1. The minimum Gasteiger partial charge on any atom is -0.348 e. The van der Waals surface area contributed by atoms with Crippen LogP contribution in [-0.4, -0.2) is 36.5 Å². The van der Waals surface area contributed by atoms with Crippen LogP contribution in [0.25, 0.3) is 0 Å². The molecule has 4 rings (SSSR count). The van der Waals surface area contributed by atoms with Gasteiger partial charge in [0.25, 0.3) is 0 Å². The predicted molar refractivity (Wildman–Crippen MR) is 82.5 cm³/mol. The molecule has 1 aromatic carbocycles. The topological polar surface area (TPSA) is 32.3 Å². The van der Waals surface area contributed by atoms with E-state index in [1.54, 1.807) is 11.5 Å². The maximum Gasteiger partial charge on any atom is 0.244 e. The number of hydrogen-bond acceptors (Lipinski definition) is 3. The van der Waals surface area contributed by atoms with Gasteiger partial charge < -0.3 is 10.2 Å². The van der Waals surface area contributed by atoms with Gasteiger partial charge in [-0.1, -0.05) is 17.8 Å². The number of benzene rings is 1. The first-order chi connectivity index (χ1) is 10.2. The molecule has 1 amide bonds. The molecule has 1 atom stereocenters. The van der Waals surface area contributed by atoms with Crippen LogP contribution < -0.4 is 5.32 Å². The number of nitrogens with one attached hydrogen (secondary N) is 1. The van der Waals surface area contributed by atoms with E-state index in [1.807, 2.05) is 6.07 Å². The van der Waals surface area contributed by atoms with Crippen molar-refractivity contribution in [3.8, 4) is 0 Å². The van der Waals surface area contributed by atoms with Gasteiger partial charge in [-0.25, -0.2) is 4.39 Å². The van der Waals surface area contributed by atoms with Crippen molar-refractivity contribution in [3.05, 3.63) is 41.6 Å². The summed E-state index contributed by atoms with van der Waals surface area (Å²) in [5.41, 5.74) is 0. The van der Waals surface area contributed by atoms with Gasteiger partial charge in [-0.3, -0.25) is 4.79 Å². The van der Waals surface area contributed by atoms with E-state index in [-0.39, 0.29) is 17.8 Å². The van der Waals surface area contributed by atoms with E-state index in [4.69, 9.17) is 0 Å². The van der Waals surface area contributed by atoms with E-state index < -0.39 is 0 Å². The van der Waals surface area contributed by atoms with Crippen molar-refractivity contribution >= 4 is 17.7 Å². The first kappa shape index (κ1) is 14.6. The van der Waals surface area contributed by atoms with Gasteiger partial charge in [0, 0.05) is 23.6 Å². The Morgan fingerprint density at radius 1 is 1.38 bits per heavy atom. The summed E-state index contributed by atoms with van der Waals surface area (Å²) in [6.45, 7) is 3.31. The molecule has 112 valence electrons. The van der Waals surface area contributed by atoms with Crippen molar-refractivity contribution in [1.29, 1.82) is 0 Å².